The van der Waals surface area contributed by atoms with Crippen molar-refractivity contribution in [2.75, 3.05) is 0 Å². The van der Waals surface area contributed by atoms with Crippen LogP contribution in [0.15, 0.2) is 18.5 Å². The number of carbonyl (C=O) groups is 1. The monoisotopic (exact) mass is 265 g/mol. The van der Waals surface area contributed by atoms with Crippen molar-refractivity contribution in [3.63, 3.8) is 0 Å². The summed E-state index contributed by atoms with van der Waals surface area (Å²) >= 11 is 6.04. The highest BCUT2D eigenvalue weighted by Gasteiger charge is 2.30. The number of Topliss-reactive ketones (excluding diaryl/α,β-unsaturated/α-hetero) is 1. The molecule has 0 N–H and O–H groups in total. The van der Waals surface area contributed by atoms with Crippen LogP contribution in [0.1, 0.15) is 45.1 Å². The topological polar surface area (TPSA) is 30.0 Å². The summed E-state index contributed by atoms with van der Waals surface area (Å²) in [6, 6.07) is 1.84. The van der Waals surface area contributed by atoms with Crippen molar-refractivity contribution in [3.05, 3.63) is 29.0 Å². The van der Waals surface area contributed by atoms with E-state index in [2.05, 4.69) is 18.8 Å². The van der Waals surface area contributed by atoms with Crippen LogP contribution in [-0.2, 0) is 11.2 Å². The van der Waals surface area contributed by atoms with Crippen molar-refractivity contribution >= 4 is 17.4 Å². The Balaban J connectivity index is 1.95. The molecule has 1 fully saturated rings. The van der Waals surface area contributed by atoms with Crippen LogP contribution in [0.4, 0.5) is 0 Å². The summed E-state index contributed by atoms with van der Waals surface area (Å²) in [5.41, 5.74) is 1.31. The zero-order valence-electron chi connectivity index (χ0n) is 11.1. The number of hydrogen-bond donors (Lipinski definition) is 0. The van der Waals surface area contributed by atoms with Crippen molar-refractivity contribution < 1.29 is 4.79 Å². The van der Waals surface area contributed by atoms with E-state index < -0.39 is 0 Å². The Hall–Kier alpha value is -0.890. The Morgan fingerprint density at radius 3 is 2.72 bits per heavy atom. The highest BCUT2D eigenvalue weighted by Crippen LogP contribution is 2.38. The molecule has 1 heterocycles. The zero-order valence-corrected chi connectivity index (χ0v) is 11.8. The molecule has 0 radical (unpaired) electrons. The third-order valence-electron chi connectivity index (χ3n) is 4.02. The molecule has 1 aliphatic carbocycles. The predicted molar refractivity (Wildman–Crippen MR) is 73.7 cm³/mol. The highest BCUT2D eigenvalue weighted by atomic mass is 35.5. The maximum Gasteiger partial charge on any atom is 0.140 e. The van der Waals surface area contributed by atoms with E-state index in [0.29, 0.717) is 22.6 Å². The lowest BCUT2D eigenvalue weighted by Gasteiger charge is -2.33. The molecular formula is C15H20ClNO. The van der Waals surface area contributed by atoms with Gasteiger partial charge >= 0.3 is 0 Å². The van der Waals surface area contributed by atoms with Gasteiger partial charge in [0.25, 0.3) is 0 Å². The number of hydrogen-bond acceptors (Lipinski definition) is 2. The third kappa shape index (κ3) is 3.32. The van der Waals surface area contributed by atoms with Crippen LogP contribution in [0.2, 0.25) is 5.02 Å². The summed E-state index contributed by atoms with van der Waals surface area (Å²) in [6.45, 7) is 4.57. The first-order valence-electron chi connectivity index (χ1n) is 6.59. The van der Waals surface area contributed by atoms with Crippen molar-refractivity contribution in [2.45, 2.75) is 46.0 Å². The van der Waals surface area contributed by atoms with E-state index in [1.54, 1.807) is 12.4 Å². The minimum Gasteiger partial charge on any atom is -0.299 e. The molecule has 98 valence electrons. The number of nitrogens with zero attached hydrogens (tertiary/aromatic N) is 1. The second-order valence-electron chi connectivity index (χ2n) is 6.05. The van der Waals surface area contributed by atoms with Gasteiger partial charge in [0.2, 0.25) is 0 Å². The van der Waals surface area contributed by atoms with Crippen LogP contribution in [0.25, 0.3) is 0 Å². The molecule has 1 aromatic heterocycles. The smallest absolute Gasteiger partial charge is 0.140 e. The largest absolute Gasteiger partial charge is 0.299 e. The molecule has 1 aromatic rings. The van der Waals surface area contributed by atoms with Gasteiger partial charge in [-0.1, -0.05) is 25.4 Å². The quantitative estimate of drug-likeness (QED) is 0.825. The molecule has 0 amide bonds. The SMILES string of the molecule is CC1(C)CCC(C(=O)Cc2ccncc2Cl)CC1. The summed E-state index contributed by atoms with van der Waals surface area (Å²) in [7, 11) is 0. The van der Waals surface area contributed by atoms with Crippen LogP contribution in [0, 0.1) is 11.3 Å². The number of halogens is 1. The first-order chi connectivity index (χ1) is 8.48. The minimum absolute atomic E-state index is 0.224. The van der Waals surface area contributed by atoms with Crippen molar-refractivity contribution in [1.29, 1.82) is 0 Å². The fraction of sp³-hybridized carbons (Fsp3) is 0.600. The lowest BCUT2D eigenvalue weighted by atomic mass is 9.71. The van der Waals surface area contributed by atoms with Crippen LogP contribution in [0.5, 0.6) is 0 Å². The maximum absolute atomic E-state index is 12.3. The number of aromatic nitrogens is 1. The number of rotatable bonds is 3. The molecule has 0 aliphatic heterocycles. The Morgan fingerprint density at radius 2 is 2.11 bits per heavy atom. The molecule has 1 aliphatic rings. The van der Waals surface area contributed by atoms with E-state index in [0.717, 1.165) is 31.2 Å². The van der Waals surface area contributed by atoms with Gasteiger partial charge < -0.3 is 0 Å². The lowest BCUT2D eigenvalue weighted by molar-refractivity contribution is -0.123. The Morgan fingerprint density at radius 1 is 1.44 bits per heavy atom. The van der Waals surface area contributed by atoms with Crippen LogP contribution in [-0.4, -0.2) is 10.8 Å². The average Bonchev–Trinajstić information content (AvgIpc) is 2.32. The van der Waals surface area contributed by atoms with E-state index >= 15 is 0 Å². The normalized spacial score (nSPS) is 19.7. The number of ketones is 1. The van der Waals surface area contributed by atoms with Gasteiger partial charge in [-0.05, 0) is 42.7 Å². The van der Waals surface area contributed by atoms with Gasteiger partial charge in [0.05, 0.1) is 5.02 Å². The molecule has 2 rings (SSSR count). The molecule has 0 saturated heterocycles. The van der Waals surface area contributed by atoms with Gasteiger partial charge in [-0.3, -0.25) is 9.78 Å². The van der Waals surface area contributed by atoms with Gasteiger partial charge in [-0.15, -0.1) is 0 Å². The summed E-state index contributed by atoms with van der Waals surface area (Å²) in [5, 5.41) is 0.599. The van der Waals surface area contributed by atoms with Gasteiger partial charge in [0.1, 0.15) is 5.78 Å². The van der Waals surface area contributed by atoms with E-state index in [4.69, 9.17) is 11.6 Å². The molecule has 1 saturated carbocycles. The first kappa shape index (κ1) is 13.5. The second-order valence-corrected chi connectivity index (χ2v) is 6.46. The van der Waals surface area contributed by atoms with Crippen LogP contribution in [0.3, 0.4) is 0 Å². The predicted octanol–water partition coefficient (Wildman–Crippen LogP) is 4.06. The fourth-order valence-electron chi connectivity index (χ4n) is 2.60. The van der Waals surface area contributed by atoms with E-state index in [1.165, 1.54) is 0 Å². The Kier molecular flexibility index (Phi) is 4.06. The van der Waals surface area contributed by atoms with Gasteiger partial charge in [-0.25, -0.2) is 0 Å². The van der Waals surface area contributed by atoms with Crippen molar-refractivity contribution in [1.82, 2.24) is 4.98 Å². The molecular weight excluding hydrogens is 246 g/mol. The lowest BCUT2D eigenvalue weighted by Crippen LogP contribution is -2.27. The first-order valence-corrected chi connectivity index (χ1v) is 6.97. The fourth-order valence-corrected chi connectivity index (χ4v) is 2.79. The summed E-state index contributed by atoms with van der Waals surface area (Å²) in [5.74, 6) is 0.556. The average molecular weight is 266 g/mol. The standard InChI is InChI=1S/C15H20ClNO/c1-15(2)6-3-11(4-7-15)14(18)9-12-5-8-17-10-13(12)16/h5,8,10-11H,3-4,6-7,9H2,1-2H3. The highest BCUT2D eigenvalue weighted by molar-refractivity contribution is 6.31. The molecule has 0 aromatic carbocycles. The molecule has 0 bridgehead atoms. The summed E-state index contributed by atoms with van der Waals surface area (Å²) < 4.78 is 0. The maximum atomic E-state index is 12.3. The molecule has 3 heteroatoms. The van der Waals surface area contributed by atoms with E-state index in [-0.39, 0.29) is 5.92 Å². The molecule has 0 atom stereocenters. The van der Waals surface area contributed by atoms with E-state index in [1.807, 2.05) is 6.07 Å². The van der Waals surface area contributed by atoms with Crippen molar-refractivity contribution in [3.8, 4) is 0 Å². The third-order valence-corrected chi connectivity index (χ3v) is 4.36. The molecule has 0 spiro atoms. The minimum atomic E-state index is 0.224. The van der Waals surface area contributed by atoms with Crippen molar-refractivity contribution in [2.24, 2.45) is 11.3 Å². The van der Waals surface area contributed by atoms with E-state index in [9.17, 15) is 4.79 Å². The van der Waals surface area contributed by atoms with Crippen LogP contribution < -0.4 is 0 Å². The molecule has 18 heavy (non-hydrogen) atoms. The van der Waals surface area contributed by atoms with Gasteiger partial charge in [-0.2, -0.15) is 0 Å². The van der Waals surface area contributed by atoms with Crippen LogP contribution >= 0.6 is 11.6 Å². The second kappa shape index (κ2) is 5.40. The van der Waals surface area contributed by atoms with Gasteiger partial charge in [0.15, 0.2) is 0 Å². The Labute approximate surface area is 114 Å². The van der Waals surface area contributed by atoms with Gasteiger partial charge in [0, 0.05) is 24.7 Å². The molecule has 2 nitrogen and oxygen atoms in total. The Bertz CT molecular complexity index is 432. The summed E-state index contributed by atoms with van der Waals surface area (Å²) in [6.07, 6.45) is 8.09. The zero-order chi connectivity index (χ0) is 13.2. The summed E-state index contributed by atoms with van der Waals surface area (Å²) in [4.78, 5) is 16.2. The number of carbonyl (C=O) groups excluding carboxylic acids is 1. The molecule has 0 unspecified atom stereocenters. The number of pyridine rings is 1.